The van der Waals surface area contributed by atoms with Crippen molar-refractivity contribution in [3.63, 3.8) is 0 Å². The maximum absolute atomic E-state index is 4.74. The minimum Gasteiger partial charge on any atom is -0.370 e. The van der Waals surface area contributed by atoms with Gasteiger partial charge in [0.15, 0.2) is 5.65 Å². The van der Waals surface area contributed by atoms with Gasteiger partial charge < -0.3 is 16.0 Å². The second-order valence-corrected chi connectivity index (χ2v) is 7.51. The van der Waals surface area contributed by atoms with Gasteiger partial charge in [0, 0.05) is 30.9 Å². The van der Waals surface area contributed by atoms with Crippen LogP contribution in [0.15, 0.2) is 36.7 Å². The van der Waals surface area contributed by atoms with Crippen molar-refractivity contribution in [2.24, 2.45) is 5.92 Å². The van der Waals surface area contributed by atoms with E-state index >= 15 is 0 Å². The van der Waals surface area contributed by atoms with Crippen LogP contribution in [-0.4, -0.2) is 45.3 Å². The highest BCUT2D eigenvalue weighted by Gasteiger charge is 2.15. The average Bonchev–Trinajstić information content (AvgIpc) is 3.32. The summed E-state index contributed by atoms with van der Waals surface area (Å²) in [6.07, 6.45) is 5.98. The summed E-state index contributed by atoms with van der Waals surface area (Å²) in [5, 5.41) is 15.0. The molecule has 7 nitrogen and oxygen atoms in total. The summed E-state index contributed by atoms with van der Waals surface area (Å²) in [5.41, 5.74) is 2.78. The maximum Gasteiger partial charge on any atom is 0.154 e. The largest absolute Gasteiger partial charge is 0.370 e. The number of rotatable bonds is 7. The van der Waals surface area contributed by atoms with Gasteiger partial charge in [0.2, 0.25) is 0 Å². The van der Waals surface area contributed by atoms with Gasteiger partial charge in [0.05, 0.1) is 11.9 Å². The van der Waals surface area contributed by atoms with Crippen LogP contribution in [0.1, 0.15) is 26.7 Å². The molecule has 4 rings (SSSR count). The highest BCUT2D eigenvalue weighted by molar-refractivity contribution is 5.64. The van der Waals surface area contributed by atoms with Crippen LogP contribution in [0.3, 0.4) is 0 Å². The molecule has 0 saturated carbocycles. The predicted octanol–water partition coefficient (Wildman–Crippen LogP) is 3.02. The molecule has 0 radical (unpaired) electrons. The molecule has 0 aromatic carbocycles. The quantitative estimate of drug-likeness (QED) is 0.597. The molecule has 1 aliphatic heterocycles. The van der Waals surface area contributed by atoms with Crippen molar-refractivity contribution >= 4 is 17.3 Å². The molecule has 7 heteroatoms. The lowest BCUT2D eigenvalue weighted by atomic mass is 10.1. The van der Waals surface area contributed by atoms with Gasteiger partial charge in [-0.1, -0.05) is 13.8 Å². The molecule has 27 heavy (non-hydrogen) atoms. The molecule has 3 N–H and O–H groups in total. The fourth-order valence-electron chi connectivity index (χ4n) is 3.27. The van der Waals surface area contributed by atoms with Crippen LogP contribution in [0.2, 0.25) is 0 Å². The van der Waals surface area contributed by atoms with Crippen LogP contribution in [0.25, 0.3) is 16.9 Å². The Kier molecular flexibility index (Phi) is 5.20. The van der Waals surface area contributed by atoms with Crippen molar-refractivity contribution in [2.75, 3.05) is 30.3 Å². The Hall–Kier alpha value is -2.67. The number of fused-ring (bicyclic) bond motifs is 1. The van der Waals surface area contributed by atoms with Crippen molar-refractivity contribution in [1.82, 2.24) is 24.9 Å². The Morgan fingerprint density at radius 3 is 2.78 bits per heavy atom. The molecule has 0 amide bonds. The smallest absolute Gasteiger partial charge is 0.154 e. The minimum absolute atomic E-state index is 0.430. The normalized spacial score (nSPS) is 16.9. The minimum atomic E-state index is 0.430. The maximum atomic E-state index is 4.74. The third-order valence-electron chi connectivity index (χ3n) is 4.86. The van der Waals surface area contributed by atoms with Crippen LogP contribution in [-0.2, 0) is 0 Å². The Bertz CT molecular complexity index is 879. The summed E-state index contributed by atoms with van der Waals surface area (Å²) in [6.45, 7) is 7.42. The van der Waals surface area contributed by atoms with E-state index in [1.54, 1.807) is 0 Å². The lowest BCUT2D eigenvalue weighted by Gasteiger charge is -2.12. The molecule has 4 heterocycles. The van der Waals surface area contributed by atoms with E-state index in [1.165, 1.54) is 0 Å². The van der Waals surface area contributed by atoms with Crippen molar-refractivity contribution in [1.29, 1.82) is 0 Å². The second kappa shape index (κ2) is 7.92. The van der Waals surface area contributed by atoms with E-state index in [0.717, 1.165) is 61.0 Å². The summed E-state index contributed by atoms with van der Waals surface area (Å²) in [6, 6.07) is 8.50. The fourth-order valence-corrected chi connectivity index (χ4v) is 3.27. The number of nitrogens with zero attached hydrogens (tertiary/aromatic N) is 4. The number of pyridine rings is 1. The van der Waals surface area contributed by atoms with Gasteiger partial charge in [-0.05, 0) is 49.6 Å². The van der Waals surface area contributed by atoms with Crippen LogP contribution < -0.4 is 16.0 Å². The van der Waals surface area contributed by atoms with E-state index < -0.39 is 0 Å². The molecule has 142 valence electrons. The molecule has 0 aliphatic carbocycles. The topological polar surface area (TPSA) is 79.2 Å². The summed E-state index contributed by atoms with van der Waals surface area (Å²) in [7, 11) is 0. The number of imidazole rings is 1. The van der Waals surface area contributed by atoms with E-state index in [-0.39, 0.29) is 0 Å². The molecular weight excluding hydrogens is 338 g/mol. The number of nitrogens with one attached hydrogen (secondary N) is 3. The Balaban J connectivity index is 1.52. The summed E-state index contributed by atoms with van der Waals surface area (Å²) in [5.74, 6) is 2.46. The standard InChI is InChI=1S/C20H27N7/c1-14(2)7-10-22-18-4-3-15(11-23-18)17-13-24-20-6-5-19(26-27(17)20)25-16-8-9-21-12-16/h3-6,11,13-14,16,21H,7-10,12H2,1-2H3,(H,22,23)(H,25,26). The Morgan fingerprint density at radius 2 is 2.04 bits per heavy atom. The van der Waals surface area contributed by atoms with Gasteiger partial charge in [-0.2, -0.15) is 0 Å². The molecule has 1 atom stereocenters. The average molecular weight is 365 g/mol. The van der Waals surface area contributed by atoms with Gasteiger partial charge in [-0.15, -0.1) is 5.10 Å². The SMILES string of the molecule is CC(C)CCNc1ccc(-c2cnc3ccc(NC4CCNC4)nn23)cn1. The molecule has 1 fully saturated rings. The monoisotopic (exact) mass is 365 g/mol. The van der Waals surface area contributed by atoms with Crippen molar-refractivity contribution in [2.45, 2.75) is 32.7 Å². The van der Waals surface area contributed by atoms with Gasteiger partial charge in [0.25, 0.3) is 0 Å². The molecule has 1 saturated heterocycles. The first kappa shape index (κ1) is 17.7. The summed E-state index contributed by atoms with van der Waals surface area (Å²) >= 11 is 0. The molecule has 0 bridgehead atoms. The van der Waals surface area contributed by atoms with Crippen molar-refractivity contribution in [3.8, 4) is 11.3 Å². The zero-order valence-corrected chi connectivity index (χ0v) is 15.9. The molecule has 3 aromatic heterocycles. The van der Waals surface area contributed by atoms with Gasteiger partial charge >= 0.3 is 0 Å². The van der Waals surface area contributed by atoms with Crippen LogP contribution >= 0.6 is 0 Å². The number of hydrogen-bond donors (Lipinski definition) is 3. The Labute approximate surface area is 159 Å². The molecular formula is C20H27N7. The fraction of sp³-hybridized carbons (Fsp3) is 0.450. The summed E-state index contributed by atoms with van der Waals surface area (Å²) in [4.78, 5) is 9.02. The Morgan fingerprint density at radius 1 is 1.15 bits per heavy atom. The predicted molar refractivity (Wildman–Crippen MR) is 109 cm³/mol. The first-order valence-corrected chi connectivity index (χ1v) is 9.71. The number of aromatic nitrogens is 4. The lowest BCUT2D eigenvalue weighted by molar-refractivity contribution is 0.606. The number of anilines is 2. The van der Waals surface area contributed by atoms with Crippen molar-refractivity contribution in [3.05, 3.63) is 36.7 Å². The zero-order valence-electron chi connectivity index (χ0n) is 15.9. The van der Waals surface area contributed by atoms with E-state index in [1.807, 2.05) is 35.1 Å². The van der Waals surface area contributed by atoms with Crippen LogP contribution in [0.5, 0.6) is 0 Å². The lowest BCUT2D eigenvalue weighted by Crippen LogP contribution is -2.23. The zero-order chi connectivity index (χ0) is 18.6. The molecule has 1 aliphatic rings. The third kappa shape index (κ3) is 4.19. The van der Waals surface area contributed by atoms with E-state index in [0.29, 0.717) is 12.0 Å². The van der Waals surface area contributed by atoms with Crippen molar-refractivity contribution < 1.29 is 0 Å². The third-order valence-corrected chi connectivity index (χ3v) is 4.86. The van der Waals surface area contributed by atoms with E-state index in [4.69, 9.17) is 5.10 Å². The molecule has 1 unspecified atom stereocenters. The summed E-state index contributed by atoms with van der Waals surface area (Å²) < 4.78 is 1.88. The van der Waals surface area contributed by atoms with Gasteiger partial charge in [-0.25, -0.2) is 14.5 Å². The first-order valence-electron chi connectivity index (χ1n) is 9.71. The first-order chi connectivity index (χ1) is 13.2. The molecule has 0 spiro atoms. The van der Waals surface area contributed by atoms with E-state index in [2.05, 4.69) is 45.8 Å². The van der Waals surface area contributed by atoms with Crippen LogP contribution in [0, 0.1) is 5.92 Å². The van der Waals surface area contributed by atoms with Gasteiger partial charge in [0.1, 0.15) is 11.6 Å². The van der Waals surface area contributed by atoms with Gasteiger partial charge in [-0.3, -0.25) is 0 Å². The van der Waals surface area contributed by atoms with E-state index in [9.17, 15) is 0 Å². The number of hydrogen-bond acceptors (Lipinski definition) is 6. The highest BCUT2D eigenvalue weighted by Crippen LogP contribution is 2.21. The molecule has 3 aromatic rings. The van der Waals surface area contributed by atoms with Crippen LogP contribution in [0.4, 0.5) is 11.6 Å². The highest BCUT2D eigenvalue weighted by atomic mass is 15.3. The second-order valence-electron chi connectivity index (χ2n) is 7.51.